The molecule has 0 aliphatic carbocycles. The number of amides is 3. The predicted octanol–water partition coefficient (Wildman–Crippen LogP) is 0.722. The van der Waals surface area contributed by atoms with E-state index in [4.69, 9.17) is 0 Å². The smallest absolute Gasteiger partial charge is 0.317 e. The molecule has 22 heavy (non-hydrogen) atoms. The zero-order valence-electron chi connectivity index (χ0n) is 12.2. The van der Waals surface area contributed by atoms with Gasteiger partial charge in [0.15, 0.2) is 0 Å². The number of β-amino-alcohol motifs (C(OH)–C–C–N with tert-alkyl or cyclic N) is 1. The van der Waals surface area contributed by atoms with Crippen LogP contribution < -0.4 is 10.6 Å². The van der Waals surface area contributed by atoms with Crippen LogP contribution in [0.15, 0.2) is 24.3 Å². The van der Waals surface area contributed by atoms with Gasteiger partial charge in [0.25, 0.3) is 5.91 Å². The van der Waals surface area contributed by atoms with E-state index < -0.39 is 17.8 Å². The van der Waals surface area contributed by atoms with E-state index in [0.29, 0.717) is 19.5 Å². The molecule has 7 heteroatoms. The van der Waals surface area contributed by atoms with Crippen LogP contribution >= 0.6 is 0 Å². The molecule has 1 heterocycles. The van der Waals surface area contributed by atoms with E-state index >= 15 is 0 Å². The Morgan fingerprint density at radius 1 is 1.27 bits per heavy atom. The number of aliphatic hydroxyl groups excluding tert-OH is 1. The van der Waals surface area contributed by atoms with Crippen LogP contribution in [0.1, 0.15) is 23.2 Å². The highest BCUT2D eigenvalue weighted by atomic mass is 19.1. The van der Waals surface area contributed by atoms with Crippen molar-refractivity contribution >= 4 is 11.9 Å². The van der Waals surface area contributed by atoms with E-state index in [1.807, 2.05) is 0 Å². The Morgan fingerprint density at radius 3 is 2.73 bits per heavy atom. The normalized spacial score (nSPS) is 17.9. The molecule has 3 amide bonds. The highest BCUT2D eigenvalue weighted by Gasteiger charge is 2.21. The Kier molecular flexibility index (Phi) is 5.71. The molecular formula is C15H20FN3O3. The van der Waals surface area contributed by atoms with E-state index in [1.165, 1.54) is 18.2 Å². The first kappa shape index (κ1) is 16.2. The Labute approximate surface area is 128 Å². The van der Waals surface area contributed by atoms with Gasteiger partial charge in [-0.25, -0.2) is 9.18 Å². The van der Waals surface area contributed by atoms with Gasteiger partial charge < -0.3 is 20.6 Å². The molecule has 1 aliphatic heterocycles. The fourth-order valence-electron chi connectivity index (χ4n) is 2.34. The molecule has 2 rings (SSSR count). The molecule has 0 saturated carbocycles. The average molecular weight is 309 g/mol. The van der Waals surface area contributed by atoms with Gasteiger partial charge >= 0.3 is 6.03 Å². The van der Waals surface area contributed by atoms with Crippen LogP contribution in [0, 0.1) is 5.82 Å². The zero-order valence-corrected chi connectivity index (χ0v) is 12.2. The third-order valence-corrected chi connectivity index (χ3v) is 3.49. The number of carbonyl (C=O) groups excluding carboxylic acids is 2. The van der Waals surface area contributed by atoms with E-state index in [2.05, 4.69) is 10.6 Å². The molecule has 1 aromatic rings. The predicted molar refractivity (Wildman–Crippen MR) is 78.9 cm³/mol. The van der Waals surface area contributed by atoms with Crippen molar-refractivity contribution in [1.29, 1.82) is 0 Å². The van der Waals surface area contributed by atoms with Gasteiger partial charge in [0.05, 0.1) is 11.7 Å². The summed E-state index contributed by atoms with van der Waals surface area (Å²) in [4.78, 5) is 25.1. The lowest BCUT2D eigenvalue weighted by Crippen LogP contribution is -2.48. The number of likely N-dealkylation sites (tertiary alicyclic amines) is 1. The fourth-order valence-corrected chi connectivity index (χ4v) is 2.34. The lowest BCUT2D eigenvalue weighted by Gasteiger charge is -2.30. The summed E-state index contributed by atoms with van der Waals surface area (Å²) in [5.74, 6) is -1.09. The number of nitrogens with one attached hydrogen (secondary N) is 2. The molecule has 6 nitrogen and oxygen atoms in total. The quantitative estimate of drug-likeness (QED) is 0.717. The van der Waals surface area contributed by atoms with Gasteiger partial charge in [-0.05, 0) is 25.0 Å². The van der Waals surface area contributed by atoms with Crippen molar-refractivity contribution in [1.82, 2.24) is 15.5 Å². The van der Waals surface area contributed by atoms with Gasteiger partial charge in [-0.1, -0.05) is 12.1 Å². The maximum atomic E-state index is 13.4. The van der Waals surface area contributed by atoms with Crippen molar-refractivity contribution in [2.45, 2.75) is 18.9 Å². The summed E-state index contributed by atoms with van der Waals surface area (Å²) in [6.45, 7) is 1.39. The van der Waals surface area contributed by atoms with E-state index in [1.54, 1.807) is 11.0 Å². The number of aliphatic hydroxyl groups is 1. The average Bonchev–Trinajstić information content (AvgIpc) is 2.51. The first-order chi connectivity index (χ1) is 10.6. The first-order valence-electron chi connectivity index (χ1n) is 7.31. The third-order valence-electron chi connectivity index (χ3n) is 3.49. The molecule has 0 aromatic heterocycles. The maximum Gasteiger partial charge on any atom is 0.317 e. The van der Waals surface area contributed by atoms with Gasteiger partial charge in [-0.15, -0.1) is 0 Å². The molecule has 120 valence electrons. The topological polar surface area (TPSA) is 81.7 Å². The zero-order chi connectivity index (χ0) is 15.9. The summed E-state index contributed by atoms with van der Waals surface area (Å²) >= 11 is 0. The van der Waals surface area contributed by atoms with Crippen LogP contribution in [0.4, 0.5) is 9.18 Å². The Morgan fingerprint density at radius 2 is 2.00 bits per heavy atom. The van der Waals surface area contributed by atoms with E-state index in [9.17, 15) is 19.1 Å². The third kappa shape index (κ3) is 4.42. The number of hydrogen-bond donors (Lipinski definition) is 3. The van der Waals surface area contributed by atoms with Gasteiger partial charge in [-0.2, -0.15) is 0 Å². The Bertz CT molecular complexity index is 539. The molecule has 1 fully saturated rings. The summed E-state index contributed by atoms with van der Waals surface area (Å²) in [7, 11) is 0. The van der Waals surface area contributed by atoms with Gasteiger partial charge in [0.1, 0.15) is 5.82 Å². The summed E-state index contributed by atoms with van der Waals surface area (Å²) in [6.07, 6.45) is 1.02. The second-order valence-corrected chi connectivity index (χ2v) is 5.21. The van der Waals surface area contributed by atoms with E-state index in [0.717, 1.165) is 6.42 Å². The highest BCUT2D eigenvalue weighted by molar-refractivity contribution is 5.94. The number of benzene rings is 1. The van der Waals surface area contributed by atoms with Crippen molar-refractivity contribution in [3.05, 3.63) is 35.6 Å². The van der Waals surface area contributed by atoms with Gasteiger partial charge in [0, 0.05) is 26.2 Å². The molecule has 1 aromatic carbocycles. The van der Waals surface area contributed by atoms with Crippen LogP contribution in [0.5, 0.6) is 0 Å². The molecule has 0 unspecified atom stereocenters. The molecule has 1 atom stereocenters. The summed E-state index contributed by atoms with van der Waals surface area (Å²) in [6, 6.07) is 5.45. The summed E-state index contributed by atoms with van der Waals surface area (Å²) < 4.78 is 13.4. The van der Waals surface area contributed by atoms with Crippen LogP contribution in [-0.4, -0.2) is 54.2 Å². The van der Waals surface area contributed by atoms with Crippen LogP contribution in [0.25, 0.3) is 0 Å². The summed E-state index contributed by atoms with van der Waals surface area (Å²) in [5.41, 5.74) is -0.0204. The largest absolute Gasteiger partial charge is 0.391 e. The number of piperidine rings is 1. The highest BCUT2D eigenvalue weighted by Crippen LogP contribution is 2.09. The lowest BCUT2D eigenvalue weighted by atomic mass is 10.1. The molecule has 3 N–H and O–H groups in total. The van der Waals surface area contributed by atoms with E-state index in [-0.39, 0.29) is 24.7 Å². The van der Waals surface area contributed by atoms with Crippen LogP contribution in [-0.2, 0) is 0 Å². The number of carbonyl (C=O) groups is 2. The molecule has 0 spiro atoms. The lowest BCUT2D eigenvalue weighted by molar-refractivity contribution is 0.0842. The van der Waals surface area contributed by atoms with Crippen LogP contribution in [0.2, 0.25) is 0 Å². The standard InChI is InChI=1S/C15H20FN3O3/c16-13-6-2-1-5-12(13)14(21)17-7-8-18-15(22)19-9-3-4-11(20)10-19/h1-2,5-6,11,20H,3-4,7-10H2,(H,17,21)(H,18,22)/t11-/m0/s1. The number of nitrogens with zero attached hydrogens (tertiary/aromatic N) is 1. The SMILES string of the molecule is O=C(NCCNC(=O)N1CCC[C@H](O)C1)c1ccccc1F. The number of rotatable bonds is 4. The fraction of sp³-hybridized carbons (Fsp3) is 0.467. The number of hydrogen-bond acceptors (Lipinski definition) is 3. The minimum absolute atomic E-state index is 0.0204. The van der Waals surface area contributed by atoms with Gasteiger partial charge in [-0.3, -0.25) is 4.79 Å². The molecule has 0 radical (unpaired) electrons. The van der Waals surface area contributed by atoms with Crippen molar-refractivity contribution in [2.24, 2.45) is 0 Å². The molecular weight excluding hydrogens is 289 g/mol. The van der Waals surface area contributed by atoms with Crippen molar-refractivity contribution < 1.29 is 19.1 Å². The second-order valence-electron chi connectivity index (χ2n) is 5.21. The van der Waals surface area contributed by atoms with Crippen molar-refractivity contribution in [3.63, 3.8) is 0 Å². The minimum atomic E-state index is -0.577. The molecule has 1 saturated heterocycles. The summed E-state index contributed by atoms with van der Waals surface area (Å²) in [5, 5.41) is 14.7. The molecule has 0 bridgehead atoms. The monoisotopic (exact) mass is 309 g/mol. The number of halogens is 1. The Hall–Kier alpha value is -2.15. The Balaban J connectivity index is 1.69. The second kappa shape index (κ2) is 7.74. The first-order valence-corrected chi connectivity index (χ1v) is 7.31. The maximum absolute atomic E-state index is 13.4. The number of urea groups is 1. The van der Waals surface area contributed by atoms with Crippen molar-refractivity contribution in [3.8, 4) is 0 Å². The van der Waals surface area contributed by atoms with Crippen LogP contribution in [0.3, 0.4) is 0 Å². The minimum Gasteiger partial charge on any atom is -0.391 e. The molecule has 1 aliphatic rings. The van der Waals surface area contributed by atoms with Crippen molar-refractivity contribution in [2.75, 3.05) is 26.2 Å². The van der Waals surface area contributed by atoms with Gasteiger partial charge in [0.2, 0.25) is 0 Å².